The van der Waals surface area contributed by atoms with Crippen LogP contribution in [0.4, 0.5) is 8.78 Å². The summed E-state index contributed by atoms with van der Waals surface area (Å²) in [7, 11) is 0. The van der Waals surface area contributed by atoms with Gasteiger partial charge in [-0.2, -0.15) is 0 Å². The van der Waals surface area contributed by atoms with Gasteiger partial charge in [-0.05, 0) is 29.1 Å². The predicted octanol–water partition coefficient (Wildman–Crippen LogP) is 3.15. The van der Waals surface area contributed by atoms with Crippen molar-refractivity contribution in [1.82, 2.24) is 0 Å². The molecule has 1 nitrogen and oxygen atoms in total. The van der Waals surface area contributed by atoms with E-state index in [4.69, 9.17) is 5.73 Å². The zero-order chi connectivity index (χ0) is 10.8. The monoisotopic (exact) mass is 225 g/mol. The second-order valence-corrected chi connectivity index (χ2v) is 4.13. The molecule has 0 saturated heterocycles. The van der Waals surface area contributed by atoms with Gasteiger partial charge in [-0.3, -0.25) is 0 Å². The molecule has 0 spiro atoms. The summed E-state index contributed by atoms with van der Waals surface area (Å²) in [6.45, 7) is 0.438. The molecule has 2 N–H and O–H groups in total. The van der Waals surface area contributed by atoms with Crippen molar-refractivity contribution in [3.05, 3.63) is 46.2 Å². The van der Waals surface area contributed by atoms with E-state index < -0.39 is 11.6 Å². The number of nitrogens with two attached hydrogens (primary N) is 1. The molecule has 0 saturated carbocycles. The highest BCUT2D eigenvalue weighted by atomic mass is 32.1. The van der Waals surface area contributed by atoms with E-state index >= 15 is 0 Å². The largest absolute Gasteiger partial charge is 0.326 e. The highest BCUT2D eigenvalue weighted by molar-refractivity contribution is 7.10. The zero-order valence-corrected chi connectivity index (χ0v) is 8.65. The molecule has 0 atom stereocenters. The van der Waals surface area contributed by atoms with Gasteiger partial charge in [0.25, 0.3) is 0 Å². The molecule has 0 amide bonds. The van der Waals surface area contributed by atoms with Crippen molar-refractivity contribution in [3.8, 4) is 11.1 Å². The Bertz CT molecular complexity index is 479. The lowest BCUT2D eigenvalue weighted by molar-refractivity contribution is 0.585. The van der Waals surface area contributed by atoms with Crippen molar-refractivity contribution >= 4 is 11.3 Å². The molecule has 4 heteroatoms. The first-order valence-electron chi connectivity index (χ1n) is 4.43. The highest BCUT2D eigenvalue weighted by Gasteiger charge is 2.07. The van der Waals surface area contributed by atoms with Crippen LogP contribution in [0.25, 0.3) is 11.1 Å². The van der Waals surface area contributed by atoms with Crippen LogP contribution in [0.3, 0.4) is 0 Å². The Kier molecular flexibility index (Phi) is 2.79. The molecule has 1 heterocycles. The van der Waals surface area contributed by atoms with Crippen LogP contribution in [0, 0.1) is 11.6 Å². The maximum Gasteiger partial charge on any atom is 0.133 e. The Morgan fingerprint density at radius 2 is 2.00 bits per heavy atom. The second-order valence-electron chi connectivity index (χ2n) is 3.13. The number of hydrogen-bond acceptors (Lipinski definition) is 2. The summed E-state index contributed by atoms with van der Waals surface area (Å²) in [5.74, 6) is -1.11. The predicted molar refractivity (Wildman–Crippen MR) is 57.6 cm³/mol. The minimum Gasteiger partial charge on any atom is -0.326 e. The van der Waals surface area contributed by atoms with Crippen molar-refractivity contribution in [3.63, 3.8) is 0 Å². The van der Waals surface area contributed by atoms with E-state index in [2.05, 4.69) is 0 Å². The molecule has 78 valence electrons. The SMILES string of the molecule is NCc1cc(-c2ccc(F)cc2F)cs1. The van der Waals surface area contributed by atoms with Gasteiger partial charge in [0.05, 0.1) is 0 Å². The van der Waals surface area contributed by atoms with E-state index in [0.717, 1.165) is 16.5 Å². The Balaban J connectivity index is 2.44. The van der Waals surface area contributed by atoms with Gasteiger partial charge >= 0.3 is 0 Å². The van der Waals surface area contributed by atoms with E-state index in [1.54, 1.807) is 0 Å². The normalized spacial score (nSPS) is 10.6. The molecular formula is C11H9F2NS. The van der Waals surface area contributed by atoms with Gasteiger partial charge in [-0.1, -0.05) is 0 Å². The van der Waals surface area contributed by atoms with Crippen molar-refractivity contribution in [1.29, 1.82) is 0 Å². The lowest BCUT2D eigenvalue weighted by atomic mass is 10.1. The van der Waals surface area contributed by atoms with E-state index in [0.29, 0.717) is 12.1 Å². The van der Waals surface area contributed by atoms with Crippen LogP contribution in [0.15, 0.2) is 29.6 Å². The average molecular weight is 225 g/mol. The minimum atomic E-state index is -0.564. The summed E-state index contributed by atoms with van der Waals surface area (Å²) in [6, 6.07) is 5.39. The number of benzene rings is 1. The standard InChI is InChI=1S/C11H9F2NS/c12-8-1-2-10(11(13)4-8)7-3-9(5-14)15-6-7/h1-4,6H,5,14H2. The molecular weight excluding hydrogens is 216 g/mol. The Hall–Kier alpha value is -1.26. The third kappa shape index (κ3) is 2.06. The van der Waals surface area contributed by atoms with Crippen molar-refractivity contribution < 1.29 is 8.78 Å². The first-order chi connectivity index (χ1) is 7.20. The fraction of sp³-hybridized carbons (Fsp3) is 0.0909. The summed E-state index contributed by atoms with van der Waals surface area (Å²) in [4.78, 5) is 0.980. The topological polar surface area (TPSA) is 26.0 Å². The van der Waals surface area contributed by atoms with Crippen LogP contribution < -0.4 is 5.73 Å². The van der Waals surface area contributed by atoms with Crippen molar-refractivity contribution in [2.24, 2.45) is 5.73 Å². The second kappa shape index (κ2) is 4.08. The highest BCUT2D eigenvalue weighted by Crippen LogP contribution is 2.27. The molecule has 1 aromatic carbocycles. The summed E-state index contributed by atoms with van der Waals surface area (Å²) in [5, 5.41) is 1.82. The third-order valence-electron chi connectivity index (χ3n) is 2.10. The number of rotatable bonds is 2. The smallest absolute Gasteiger partial charge is 0.133 e. The Morgan fingerprint density at radius 3 is 2.60 bits per heavy atom. The van der Waals surface area contributed by atoms with Crippen LogP contribution in [0.1, 0.15) is 4.88 Å². The van der Waals surface area contributed by atoms with Crippen molar-refractivity contribution in [2.75, 3.05) is 0 Å². The van der Waals surface area contributed by atoms with E-state index in [1.165, 1.54) is 23.5 Å². The van der Waals surface area contributed by atoms with Crippen LogP contribution in [0.2, 0.25) is 0 Å². The maximum absolute atomic E-state index is 13.4. The molecule has 0 bridgehead atoms. The summed E-state index contributed by atoms with van der Waals surface area (Å²) >= 11 is 1.47. The molecule has 2 aromatic rings. The van der Waals surface area contributed by atoms with Gasteiger partial charge < -0.3 is 5.73 Å². The molecule has 2 rings (SSSR count). The van der Waals surface area contributed by atoms with Gasteiger partial charge in [-0.15, -0.1) is 11.3 Å². The van der Waals surface area contributed by atoms with Crippen LogP contribution in [0.5, 0.6) is 0 Å². The van der Waals surface area contributed by atoms with Gasteiger partial charge in [0.15, 0.2) is 0 Å². The quantitative estimate of drug-likeness (QED) is 0.834. The van der Waals surface area contributed by atoms with Gasteiger partial charge in [-0.25, -0.2) is 8.78 Å². The molecule has 0 aliphatic rings. The minimum absolute atomic E-state index is 0.410. The number of thiophene rings is 1. The van der Waals surface area contributed by atoms with E-state index in [1.807, 2.05) is 11.4 Å². The van der Waals surface area contributed by atoms with Gasteiger partial charge in [0.2, 0.25) is 0 Å². The lowest BCUT2D eigenvalue weighted by Crippen LogP contribution is -1.91. The fourth-order valence-electron chi connectivity index (χ4n) is 1.35. The lowest BCUT2D eigenvalue weighted by Gasteiger charge is -1.99. The summed E-state index contributed by atoms with van der Waals surface area (Å²) in [5.41, 5.74) is 6.62. The Labute approximate surface area is 90.2 Å². The van der Waals surface area contributed by atoms with Crippen LogP contribution in [-0.4, -0.2) is 0 Å². The molecule has 0 aliphatic heterocycles. The molecule has 0 unspecified atom stereocenters. The van der Waals surface area contributed by atoms with Gasteiger partial charge in [0.1, 0.15) is 11.6 Å². The molecule has 1 aromatic heterocycles. The summed E-state index contributed by atoms with van der Waals surface area (Å²) in [6.07, 6.45) is 0. The molecule has 0 radical (unpaired) electrons. The van der Waals surface area contributed by atoms with Crippen LogP contribution in [-0.2, 0) is 6.54 Å². The van der Waals surface area contributed by atoms with Crippen LogP contribution >= 0.6 is 11.3 Å². The zero-order valence-electron chi connectivity index (χ0n) is 7.84. The Morgan fingerprint density at radius 1 is 1.20 bits per heavy atom. The molecule has 0 fully saturated rings. The first-order valence-corrected chi connectivity index (χ1v) is 5.31. The fourth-order valence-corrected chi connectivity index (χ4v) is 2.12. The molecule has 0 aliphatic carbocycles. The van der Waals surface area contributed by atoms with E-state index in [9.17, 15) is 8.78 Å². The molecule has 15 heavy (non-hydrogen) atoms. The number of halogens is 2. The first kappa shape index (κ1) is 10.3. The number of hydrogen-bond donors (Lipinski definition) is 1. The van der Waals surface area contributed by atoms with Crippen molar-refractivity contribution in [2.45, 2.75) is 6.54 Å². The average Bonchev–Trinajstić information content (AvgIpc) is 2.66. The van der Waals surface area contributed by atoms with Gasteiger partial charge in [0, 0.05) is 23.1 Å². The summed E-state index contributed by atoms with van der Waals surface area (Å²) < 4.78 is 26.1. The maximum atomic E-state index is 13.4. The third-order valence-corrected chi connectivity index (χ3v) is 3.06. The van der Waals surface area contributed by atoms with E-state index in [-0.39, 0.29) is 0 Å².